The van der Waals surface area contributed by atoms with Crippen LogP contribution in [-0.2, 0) is 4.74 Å². The Hall–Kier alpha value is -0.0800. The second kappa shape index (κ2) is 6.39. The SMILES string of the molecule is CCCOC(C)(C)CCNC(C)C. The van der Waals surface area contributed by atoms with Crippen LogP contribution in [0.25, 0.3) is 0 Å². The van der Waals surface area contributed by atoms with Crippen molar-refractivity contribution in [2.24, 2.45) is 0 Å². The monoisotopic (exact) mass is 187 g/mol. The van der Waals surface area contributed by atoms with E-state index in [0.717, 1.165) is 26.0 Å². The summed E-state index contributed by atoms with van der Waals surface area (Å²) in [7, 11) is 0. The van der Waals surface area contributed by atoms with Crippen molar-refractivity contribution >= 4 is 0 Å². The molecule has 13 heavy (non-hydrogen) atoms. The van der Waals surface area contributed by atoms with Gasteiger partial charge in [0.2, 0.25) is 0 Å². The molecule has 0 saturated carbocycles. The molecule has 0 aliphatic rings. The number of nitrogens with one attached hydrogen (secondary N) is 1. The lowest BCUT2D eigenvalue weighted by molar-refractivity contribution is -0.0227. The predicted molar refractivity (Wildman–Crippen MR) is 58.1 cm³/mol. The smallest absolute Gasteiger partial charge is 0.0638 e. The van der Waals surface area contributed by atoms with E-state index in [-0.39, 0.29) is 5.60 Å². The first kappa shape index (κ1) is 12.9. The minimum atomic E-state index is 0.0257. The van der Waals surface area contributed by atoms with E-state index in [2.05, 4.69) is 39.9 Å². The molecule has 0 rings (SSSR count). The highest BCUT2D eigenvalue weighted by atomic mass is 16.5. The van der Waals surface area contributed by atoms with E-state index in [9.17, 15) is 0 Å². The Kier molecular flexibility index (Phi) is 6.35. The molecule has 0 atom stereocenters. The molecule has 0 aromatic heterocycles. The molecule has 0 fully saturated rings. The molecule has 0 aliphatic carbocycles. The molecule has 2 heteroatoms. The van der Waals surface area contributed by atoms with E-state index in [0.29, 0.717) is 6.04 Å². The highest BCUT2D eigenvalue weighted by Gasteiger charge is 2.16. The van der Waals surface area contributed by atoms with Gasteiger partial charge in [0, 0.05) is 12.6 Å². The maximum absolute atomic E-state index is 5.72. The van der Waals surface area contributed by atoms with Gasteiger partial charge in [-0.15, -0.1) is 0 Å². The van der Waals surface area contributed by atoms with Crippen molar-refractivity contribution in [3.8, 4) is 0 Å². The van der Waals surface area contributed by atoms with Gasteiger partial charge in [0.1, 0.15) is 0 Å². The van der Waals surface area contributed by atoms with Gasteiger partial charge in [0.15, 0.2) is 0 Å². The van der Waals surface area contributed by atoms with Crippen molar-refractivity contribution in [1.29, 1.82) is 0 Å². The van der Waals surface area contributed by atoms with Crippen LogP contribution in [0, 0.1) is 0 Å². The summed E-state index contributed by atoms with van der Waals surface area (Å²) >= 11 is 0. The molecule has 0 heterocycles. The van der Waals surface area contributed by atoms with Crippen LogP contribution in [0.3, 0.4) is 0 Å². The standard InChI is InChI=1S/C11H25NO/c1-6-9-13-11(4,5)7-8-12-10(2)3/h10,12H,6-9H2,1-5H3. The molecule has 0 bridgehead atoms. The molecule has 0 unspecified atom stereocenters. The van der Waals surface area contributed by atoms with Crippen molar-refractivity contribution in [2.75, 3.05) is 13.2 Å². The third kappa shape index (κ3) is 8.26. The summed E-state index contributed by atoms with van der Waals surface area (Å²) in [5.74, 6) is 0. The van der Waals surface area contributed by atoms with Crippen LogP contribution in [0.1, 0.15) is 47.5 Å². The lowest BCUT2D eigenvalue weighted by Crippen LogP contribution is -2.32. The summed E-state index contributed by atoms with van der Waals surface area (Å²) in [5.41, 5.74) is 0.0257. The molecule has 0 aliphatic heterocycles. The fourth-order valence-electron chi connectivity index (χ4n) is 1.11. The van der Waals surface area contributed by atoms with Gasteiger partial charge in [0.05, 0.1) is 5.60 Å². The van der Waals surface area contributed by atoms with Gasteiger partial charge in [-0.1, -0.05) is 20.8 Å². The van der Waals surface area contributed by atoms with Gasteiger partial charge < -0.3 is 10.1 Å². The van der Waals surface area contributed by atoms with Gasteiger partial charge in [-0.2, -0.15) is 0 Å². The van der Waals surface area contributed by atoms with E-state index in [4.69, 9.17) is 4.74 Å². The van der Waals surface area contributed by atoms with Gasteiger partial charge >= 0.3 is 0 Å². The zero-order valence-corrected chi connectivity index (χ0v) is 9.81. The number of hydrogen-bond acceptors (Lipinski definition) is 2. The molecule has 2 nitrogen and oxygen atoms in total. The van der Waals surface area contributed by atoms with Crippen LogP contribution in [0.5, 0.6) is 0 Å². The van der Waals surface area contributed by atoms with Crippen molar-refractivity contribution in [2.45, 2.75) is 59.1 Å². The third-order valence-corrected chi connectivity index (χ3v) is 1.98. The first-order valence-electron chi connectivity index (χ1n) is 5.35. The van der Waals surface area contributed by atoms with Gasteiger partial charge in [-0.3, -0.25) is 0 Å². The van der Waals surface area contributed by atoms with Crippen molar-refractivity contribution in [1.82, 2.24) is 5.32 Å². The van der Waals surface area contributed by atoms with Crippen molar-refractivity contribution < 1.29 is 4.74 Å². The summed E-state index contributed by atoms with van der Waals surface area (Å²) in [5, 5.41) is 3.40. The molecule has 1 N–H and O–H groups in total. The Morgan fingerprint density at radius 2 is 1.92 bits per heavy atom. The maximum Gasteiger partial charge on any atom is 0.0638 e. The molecule has 80 valence electrons. The van der Waals surface area contributed by atoms with Gasteiger partial charge in [-0.05, 0) is 33.2 Å². The van der Waals surface area contributed by atoms with E-state index in [1.807, 2.05) is 0 Å². The maximum atomic E-state index is 5.72. The molecule has 0 aromatic carbocycles. The van der Waals surface area contributed by atoms with E-state index < -0.39 is 0 Å². The summed E-state index contributed by atoms with van der Waals surface area (Å²) < 4.78 is 5.72. The normalized spacial score (nSPS) is 12.5. The predicted octanol–water partition coefficient (Wildman–Crippen LogP) is 2.58. The highest BCUT2D eigenvalue weighted by molar-refractivity contribution is 4.70. The van der Waals surface area contributed by atoms with Crippen LogP contribution in [0.15, 0.2) is 0 Å². The van der Waals surface area contributed by atoms with E-state index in [1.54, 1.807) is 0 Å². The van der Waals surface area contributed by atoms with Crippen LogP contribution >= 0.6 is 0 Å². The lowest BCUT2D eigenvalue weighted by atomic mass is 10.1. The molecular weight excluding hydrogens is 162 g/mol. The minimum absolute atomic E-state index is 0.0257. The quantitative estimate of drug-likeness (QED) is 0.661. The summed E-state index contributed by atoms with van der Waals surface area (Å²) in [6, 6.07) is 0.571. The van der Waals surface area contributed by atoms with E-state index >= 15 is 0 Å². The van der Waals surface area contributed by atoms with Crippen LogP contribution in [-0.4, -0.2) is 24.8 Å². The fraction of sp³-hybridized carbons (Fsp3) is 1.00. The van der Waals surface area contributed by atoms with Crippen molar-refractivity contribution in [3.05, 3.63) is 0 Å². The Morgan fingerprint density at radius 3 is 2.38 bits per heavy atom. The summed E-state index contributed by atoms with van der Waals surface area (Å²) in [4.78, 5) is 0. The van der Waals surface area contributed by atoms with Crippen LogP contribution in [0.4, 0.5) is 0 Å². The van der Waals surface area contributed by atoms with E-state index in [1.165, 1.54) is 0 Å². The minimum Gasteiger partial charge on any atom is -0.376 e. The second-order valence-corrected chi connectivity index (χ2v) is 4.47. The first-order chi connectivity index (χ1) is 5.98. The Morgan fingerprint density at radius 1 is 1.31 bits per heavy atom. The van der Waals surface area contributed by atoms with Crippen LogP contribution < -0.4 is 5.32 Å². The van der Waals surface area contributed by atoms with Gasteiger partial charge in [-0.25, -0.2) is 0 Å². The Bertz CT molecular complexity index is 121. The topological polar surface area (TPSA) is 21.3 Å². The number of ether oxygens (including phenoxy) is 1. The molecule has 0 saturated heterocycles. The third-order valence-electron chi connectivity index (χ3n) is 1.98. The molecule has 0 amide bonds. The Balaban J connectivity index is 3.50. The van der Waals surface area contributed by atoms with Crippen molar-refractivity contribution in [3.63, 3.8) is 0 Å². The largest absolute Gasteiger partial charge is 0.376 e. The fourth-order valence-corrected chi connectivity index (χ4v) is 1.11. The number of hydrogen-bond donors (Lipinski definition) is 1. The second-order valence-electron chi connectivity index (χ2n) is 4.47. The summed E-state index contributed by atoms with van der Waals surface area (Å²) in [6.07, 6.45) is 2.17. The molecular formula is C11H25NO. The molecule has 0 spiro atoms. The molecule has 0 radical (unpaired) electrons. The highest BCUT2D eigenvalue weighted by Crippen LogP contribution is 2.13. The first-order valence-corrected chi connectivity index (χ1v) is 5.35. The lowest BCUT2D eigenvalue weighted by Gasteiger charge is -2.25. The van der Waals surface area contributed by atoms with Crippen LogP contribution in [0.2, 0.25) is 0 Å². The summed E-state index contributed by atoms with van der Waals surface area (Å²) in [6.45, 7) is 12.7. The zero-order valence-electron chi connectivity index (χ0n) is 9.81. The molecule has 0 aromatic rings. The number of rotatable bonds is 7. The van der Waals surface area contributed by atoms with Gasteiger partial charge in [0.25, 0.3) is 0 Å². The Labute approximate surface area is 83.1 Å². The zero-order chi connectivity index (χ0) is 10.3. The average Bonchev–Trinajstić information content (AvgIpc) is 2.00. The average molecular weight is 187 g/mol.